The second-order valence-corrected chi connectivity index (χ2v) is 5.48. The van der Waals surface area contributed by atoms with Crippen molar-refractivity contribution in [3.05, 3.63) is 22.8 Å². The Morgan fingerprint density at radius 2 is 2.00 bits per heavy atom. The third-order valence-electron chi connectivity index (χ3n) is 2.62. The number of aromatic nitrogens is 5. The summed E-state index contributed by atoms with van der Waals surface area (Å²) < 4.78 is 11.5. The molecule has 20 heavy (non-hydrogen) atoms. The minimum Gasteiger partial charge on any atom is -0.455 e. The van der Waals surface area contributed by atoms with Crippen LogP contribution in [0.5, 0.6) is 0 Å². The summed E-state index contributed by atoms with van der Waals surface area (Å²) in [5, 5.41) is 15.3. The van der Waals surface area contributed by atoms with Crippen LogP contribution in [-0.4, -0.2) is 36.9 Å². The van der Waals surface area contributed by atoms with Crippen molar-refractivity contribution < 1.29 is 14.2 Å². The van der Waals surface area contributed by atoms with Gasteiger partial charge in [-0.2, -0.15) is 0 Å². The Balaban J connectivity index is 2.19. The zero-order chi connectivity index (χ0) is 14.9. The molecule has 8 nitrogen and oxygen atoms in total. The molecule has 0 fully saturated rings. The van der Waals surface area contributed by atoms with E-state index in [1.165, 1.54) is 0 Å². The lowest BCUT2D eigenvalue weighted by Crippen LogP contribution is -2.24. The molecule has 0 saturated heterocycles. The van der Waals surface area contributed by atoms with Gasteiger partial charge in [-0.15, -0.1) is 5.10 Å². The van der Waals surface area contributed by atoms with Crippen molar-refractivity contribution in [2.24, 2.45) is 0 Å². The third kappa shape index (κ3) is 3.01. The predicted molar refractivity (Wildman–Crippen MR) is 68.1 cm³/mol. The topological polar surface area (TPSA) is 95.9 Å². The van der Waals surface area contributed by atoms with Crippen molar-refractivity contribution in [1.29, 1.82) is 0 Å². The van der Waals surface area contributed by atoms with Gasteiger partial charge in [-0.3, -0.25) is 0 Å². The number of hydrogen-bond donors (Lipinski definition) is 0. The number of carbonyl (C=O) groups is 1. The number of carbonyl (C=O) groups excluding carboxylic acids is 1. The highest BCUT2D eigenvalue weighted by Gasteiger charge is 2.24. The fraction of sp³-hybridized carbons (Fsp3) is 0.583. The SMILES string of the molecule is Cc1nonc1Cn1nnc(C(=O)OC(C)(C)C)c1C. The van der Waals surface area contributed by atoms with Crippen molar-refractivity contribution in [1.82, 2.24) is 25.3 Å². The molecule has 0 radical (unpaired) electrons. The summed E-state index contributed by atoms with van der Waals surface area (Å²) in [6, 6.07) is 0. The molecule has 0 amide bonds. The van der Waals surface area contributed by atoms with E-state index >= 15 is 0 Å². The average Bonchev–Trinajstić information content (AvgIpc) is 2.86. The van der Waals surface area contributed by atoms with Gasteiger partial charge >= 0.3 is 5.97 Å². The van der Waals surface area contributed by atoms with Crippen LogP contribution < -0.4 is 0 Å². The summed E-state index contributed by atoms with van der Waals surface area (Å²) >= 11 is 0. The van der Waals surface area contributed by atoms with Crippen LogP contribution in [0.4, 0.5) is 0 Å². The quantitative estimate of drug-likeness (QED) is 0.781. The van der Waals surface area contributed by atoms with Crippen LogP contribution in [0.25, 0.3) is 0 Å². The first kappa shape index (κ1) is 14.2. The molecule has 0 aliphatic rings. The van der Waals surface area contributed by atoms with Crippen molar-refractivity contribution in [3.63, 3.8) is 0 Å². The number of aryl methyl sites for hydroxylation is 1. The van der Waals surface area contributed by atoms with Gasteiger partial charge in [-0.25, -0.2) is 14.1 Å². The molecule has 0 N–H and O–H groups in total. The van der Waals surface area contributed by atoms with Crippen LogP contribution in [0.2, 0.25) is 0 Å². The first-order valence-corrected chi connectivity index (χ1v) is 6.19. The maximum atomic E-state index is 12.0. The molecule has 0 bridgehead atoms. The number of nitrogens with zero attached hydrogens (tertiary/aromatic N) is 5. The van der Waals surface area contributed by atoms with E-state index in [4.69, 9.17) is 4.74 Å². The van der Waals surface area contributed by atoms with E-state index in [0.717, 1.165) is 0 Å². The first-order valence-electron chi connectivity index (χ1n) is 6.19. The smallest absolute Gasteiger partial charge is 0.361 e. The second kappa shape index (κ2) is 5.03. The molecule has 0 unspecified atom stereocenters. The molecular weight excluding hydrogens is 262 g/mol. The highest BCUT2D eigenvalue weighted by molar-refractivity contribution is 5.88. The van der Waals surface area contributed by atoms with Crippen LogP contribution in [0, 0.1) is 13.8 Å². The van der Waals surface area contributed by atoms with Gasteiger partial charge in [0.05, 0.1) is 12.2 Å². The molecule has 0 aromatic carbocycles. The fourth-order valence-corrected chi connectivity index (χ4v) is 1.56. The van der Waals surface area contributed by atoms with Gasteiger partial charge in [0, 0.05) is 0 Å². The van der Waals surface area contributed by atoms with Crippen LogP contribution in [0.15, 0.2) is 4.63 Å². The molecule has 108 valence electrons. The maximum absolute atomic E-state index is 12.0. The van der Waals surface area contributed by atoms with Crippen LogP contribution in [0.3, 0.4) is 0 Å². The monoisotopic (exact) mass is 279 g/mol. The van der Waals surface area contributed by atoms with E-state index in [1.807, 2.05) is 0 Å². The minimum absolute atomic E-state index is 0.203. The first-order chi connectivity index (χ1) is 9.28. The van der Waals surface area contributed by atoms with E-state index < -0.39 is 11.6 Å². The summed E-state index contributed by atoms with van der Waals surface area (Å²) in [5.41, 5.74) is 1.57. The Hall–Kier alpha value is -2.25. The average molecular weight is 279 g/mol. The normalized spacial score (nSPS) is 11.7. The number of hydrogen-bond acceptors (Lipinski definition) is 7. The van der Waals surface area contributed by atoms with Gasteiger partial charge < -0.3 is 4.74 Å². The summed E-state index contributed by atoms with van der Waals surface area (Å²) in [4.78, 5) is 12.0. The second-order valence-electron chi connectivity index (χ2n) is 5.48. The zero-order valence-corrected chi connectivity index (χ0v) is 12.2. The zero-order valence-electron chi connectivity index (χ0n) is 12.2. The van der Waals surface area contributed by atoms with E-state index in [2.05, 4.69) is 25.3 Å². The molecule has 0 saturated carbocycles. The van der Waals surface area contributed by atoms with Crippen LogP contribution >= 0.6 is 0 Å². The molecule has 0 aliphatic carbocycles. The van der Waals surface area contributed by atoms with Crippen molar-refractivity contribution in [3.8, 4) is 0 Å². The van der Waals surface area contributed by atoms with Gasteiger partial charge in [0.25, 0.3) is 0 Å². The number of rotatable bonds is 3. The summed E-state index contributed by atoms with van der Waals surface area (Å²) in [7, 11) is 0. The van der Waals surface area contributed by atoms with Crippen LogP contribution in [-0.2, 0) is 11.3 Å². The summed E-state index contributed by atoms with van der Waals surface area (Å²) in [6.07, 6.45) is 0. The molecule has 8 heteroatoms. The molecule has 2 rings (SSSR count). The van der Waals surface area contributed by atoms with Gasteiger partial charge in [-0.1, -0.05) is 15.5 Å². The maximum Gasteiger partial charge on any atom is 0.361 e. The fourth-order valence-electron chi connectivity index (χ4n) is 1.56. The van der Waals surface area contributed by atoms with Gasteiger partial charge in [0.1, 0.15) is 17.0 Å². The van der Waals surface area contributed by atoms with E-state index in [0.29, 0.717) is 23.6 Å². The van der Waals surface area contributed by atoms with Crippen molar-refractivity contribution in [2.75, 3.05) is 0 Å². The summed E-state index contributed by atoms with van der Waals surface area (Å²) in [5.74, 6) is -0.490. The van der Waals surface area contributed by atoms with Crippen molar-refractivity contribution in [2.45, 2.75) is 46.8 Å². The largest absolute Gasteiger partial charge is 0.455 e. The highest BCUT2D eigenvalue weighted by atomic mass is 16.6. The lowest BCUT2D eigenvalue weighted by atomic mass is 10.2. The Labute approximate surface area is 116 Å². The van der Waals surface area contributed by atoms with Gasteiger partial charge in [-0.05, 0) is 34.6 Å². The number of ether oxygens (including phenoxy) is 1. The molecule has 0 aliphatic heterocycles. The molecule has 2 aromatic rings. The Kier molecular flexibility index (Phi) is 3.56. The van der Waals surface area contributed by atoms with E-state index in [9.17, 15) is 4.79 Å². The van der Waals surface area contributed by atoms with Gasteiger partial charge in [0.2, 0.25) is 0 Å². The van der Waals surface area contributed by atoms with Crippen molar-refractivity contribution >= 4 is 5.97 Å². The minimum atomic E-state index is -0.570. The van der Waals surface area contributed by atoms with E-state index in [-0.39, 0.29) is 5.69 Å². The Morgan fingerprint density at radius 1 is 1.30 bits per heavy atom. The predicted octanol–water partition coefficient (Wildman–Crippen LogP) is 1.28. The van der Waals surface area contributed by atoms with Crippen LogP contribution in [0.1, 0.15) is 48.3 Å². The third-order valence-corrected chi connectivity index (χ3v) is 2.62. The summed E-state index contributed by atoms with van der Waals surface area (Å²) in [6.45, 7) is 9.28. The molecule has 0 spiro atoms. The molecular formula is C12H17N5O3. The standard InChI is InChI=1S/C12H17N5O3/c1-7-9(15-20-14-7)6-17-8(2)10(13-16-17)11(18)19-12(3,4)5/h6H2,1-5H3. The number of esters is 1. The molecule has 0 atom stereocenters. The lowest BCUT2D eigenvalue weighted by Gasteiger charge is -2.18. The Morgan fingerprint density at radius 3 is 2.55 bits per heavy atom. The van der Waals surface area contributed by atoms with Gasteiger partial charge in [0.15, 0.2) is 5.69 Å². The Bertz CT molecular complexity index is 623. The van der Waals surface area contributed by atoms with E-state index in [1.54, 1.807) is 39.3 Å². The highest BCUT2D eigenvalue weighted by Crippen LogP contribution is 2.14. The lowest BCUT2D eigenvalue weighted by molar-refractivity contribution is 0.00619. The molecule has 2 aromatic heterocycles. The molecule has 2 heterocycles.